The van der Waals surface area contributed by atoms with Crippen LogP contribution in [-0.4, -0.2) is 113 Å². The van der Waals surface area contributed by atoms with Crippen LogP contribution in [0.15, 0.2) is 35.9 Å². The van der Waals surface area contributed by atoms with Crippen LogP contribution in [0.3, 0.4) is 0 Å². The number of methoxy groups -OCH3 is 2. The van der Waals surface area contributed by atoms with Crippen LogP contribution in [-0.2, 0) is 23.7 Å². The van der Waals surface area contributed by atoms with Crippen molar-refractivity contribution in [3.8, 4) is 17.6 Å². The number of benzene rings is 1. The number of aromatic hydroxyl groups is 1. The summed E-state index contributed by atoms with van der Waals surface area (Å²) in [5.41, 5.74) is 0.487. The molecule has 6 N–H and O–H groups in total. The second kappa shape index (κ2) is 13.1. The van der Waals surface area contributed by atoms with Crippen molar-refractivity contribution in [3.63, 3.8) is 0 Å². The van der Waals surface area contributed by atoms with Gasteiger partial charge in [0.25, 0.3) is 0 Å². The first-order valence-corrected chi connectivity index (χ1v) is 11.7. The Hall–Kier alpha value is -3.06. The van der Waals surface area contributed by atoms with Crippen molar-refractivity contribution >= 4 is 12.0 Å². The number of aliphatic hydroxyl groups is 5. The number of nitrogens with zero attached hydrogens (tertiary/aromatic N) is 1. The standard InChI is InChI=1S/C25H31NO12/c1-34-16-9-12(3-5-14(16)28)4-6-19(29)38-24-23(33)22(32)18(11-27)37-25(24)36-15-10-17(35-2)21(31)20(30)13(15)7-8-26/h3-7,9,15,17-18,20-25,27-28,30-33H,10-11H2,1-2H3/b6-4-,13-7-/t15?,17?,18-,20?,21?,22-,23+,24-,25-/m1/s1. The highest BCUT2D eigenvalue weighted by atomic mass is 16.7. The van der Waals surface area contributed by atoms with E-state index in [9.17, 15) is 35.4 Å². The van der Waals surface area contributed by atoms with Gasteiger partial charge in [0.2, 0.25) is 0 Å². The molecule has 1 saturated carbocycles. The van der Waals surface area contributed by atoms with Crippen molar-refractivity contribution in [1.29, 1.82) is 5.26 Å². The lowest BCUT2D eigenvalue weighted by atomic mass is 9.84. The topological polar surface area (TPSA) is 208 Å². The summed E-state index contributed by atoms with van der Waals surface area (Å²) in [5, 5.41) is 70.2. The fourth-order valence-electron chi connectivity index (χ4n) is 4.29. The summed E-state index contributed by atoms with van der Waals surface area (Å²) in [6.07, 6.45) is -9.29. The molecule has 208 valence electrons. The zero-order chi connectivity index (χ0) is 28.0. The predicted molar refractivity (Wildman–Crippen MR) is 127 cm³/mol. The van der Waals surface area contributed by atoms with Crippen molar-refractivity contribution in [2.75, 3.05) is 20.8 Å². The van der Waals surface area contributed by atoms with Gasteiger partial charge in [0.15, 0.2) is 23.9 Å². The molecule has 1 aliphatic heterocycles. The Balaban J connectivity index is 1.83. The van der Waals surface area contributed by atoms with E-state index >= 15 is 0 Å². The molecule has 4 unspecified atom stereocenters. The zero-order valence-electron chi connectivity index (χ0n) is 20.7. The Labute approximate surface area is 218 Å². The molecule has 0 radical (unpaired) electrons. The second-order valence-electron chi connectivity index (χ2n) is 8.72. The lowest BCUT2D eigenvalue weighted by Gasteiger charge is -2.44. The Morgan fingerprint density at radius 1 is 1.18 bits per heavy atom. The maximum atomic E-state index is 12.6. The predicted octanol–water partition coefficient (Wildman–Crippen LogP) is -1.26. The van der Waals surface area contributed by atoms with E-state index < -0.39 is 67.7 Å². The molecule has 13 heteroatoms. The van der Waals surface area contributed by atoms with Crippen LogP contribution in [0.4, 0.5) is 0 Å². The van der Waals surface area contributed by atoms with Gasteiger partial charge >= 0.3 is 5.97 Å². The molecule has 0 amide bonds. The van der Waals surface area contributed by atoms with Gasteiger partial charge in [0, 0.05) is 31.3 Å². The number of aliphatic hydroxyl groups excluding tert-OH is 5. The van der Waals surface area contributed by atoms with Gasteiger partial charge in [0.05, 0.1) is 32.0 Å². The first-order chi connectivity index (χ1) is 18.1. The molecule has 2 fully saturated rings. The number of hydrogen-bond acceptors (Lipinski definition) is 13. The van der Waals surface area contributed by atoms with E-state index in [1.54, 1.807) is 6.07 Å². The van der Waals surface area contributed by atoms with Gasteiger partial charge in [-0.3, -0.25) is 0 Å². The van der Waals surface area contributed by atoms with Crippen molar-refractivity contribution < 1.29 is 59.1 Å². The first-order valence-electron chi connectivity index (χ1n) is 11.7. The summed E-state index contributed by atoms with van der Waals surface area (Å²) < 4.78 is 27.0. The third-order valence-corrected chi connectivity index (χ3v) is 6.39. The van der Waals surface area contributed by atoms with Crippen molar-refractivity contribution in [3.05, 3.63) is 41.5 Å². The minimum Gasteiger partial charge on any atom is -0.504 e. The molecule has 1 heterocycles. The molecule has 2 aliphatic rings. The highest BCUT2D eigenvalue weighted by Crippen LogP contribution is 2.33. The first kappa shape index (κ1) is 29.5. The minimum atomic E-state index is -1.74. The fraction of sp³-hybridized carbons (Fsp3) is 0.520. The normalized spacial score (nSPS) is 34.7. The molecule has 0 bridgehead atoms. The Morgan fingerprint density at radius 2 is 1.92 bits per heavy atom. The summed E-state index contributed by atoms with van der Waals surface area (Å²) in [6.45, 7) is -0.699. The molecule has 9 atom stereocenters. The van der Waals surface area contributed by atoms with Gasteiger partial charge in [-0.25, -0.2) is 4.79 Å². The van der Waals surface area contributed by atoms with E-state index in [4.69, 9.17) is 28.9 Å². The van der Waals surface area contributed by atoms with E-state index in [1.807, 2.05) is 0 Å². The summed E-state index contributed by atoms with van der Waals surface area (Å²) >= 11 is 0. The smallest absolute Gasteiger partial charge is 0.331 e. The molecule has 38 heavy (non-hydrogen) atoms. The van der Waals surface area contributed by atoms with Crippen molar-refractivity contribution in [1.82, 2.24) is 0 Å². The third-order valence-electron chi connectivity index (χ3n) is 6.39. The third kappa shape index (κ3) is 6.49. The van der Waals surface area contributed by atoms with Crippen LogP contribution < -0.4 is 4.74 Å². The summed E-state index contributed by atoms with van der Waals surface area (Å²) in [4.78, 5) is 12.6. The minimum absolute atomic E-state index is 0.00399. The van der Waals surface area contributed by atoms with Crippen LogP contribution in [0.1, 0.15) is 12.0 Å². The average Bonchev–Trinajstić information content (AvgIpc) is 2.91. The molecule has 1 aromatic carbocycles. The van der Waals surface area contributed by atoms with Crippen LogP contribution in [0, 0.1) is 11.3 Å². The molecule has 13 nitrogen and oxygen atoms in total. The summed E-state index contributed by atoms with van der Waals surface area (Å²) in [7, 11) is 2.68. The Kier molecular flexibility index (Phi) is 10.2. The average molecular weight is 538 g/mol. The number of esters is 1. The van der Waals surface area contributed by atoms with E-state index in [0.717, 1.165) is 12.2 Å². The highest BCUT2D eigenvalue weighted by Gasteiger charge is 2.50. The second-order valence-corrected chi connectivity index (χ2v) is 8.72. The number of carbonyl (C=O) groups excluding carboxylic acids is 1. The summed E-state index contributed by atoms with van der Waals surface area (Å²) in [5.74, 6) is -0.865. The largest absolute Gasteiger partial charge is 0.504 e. The maximum Gasteiger partial charge on any atom is 0.331 e. The number of allylic oxidation sites excluding steroid dienone is 1. The van der Waals surface area contributed by atoms with Gasteiger partial charge in [-0.2, -0.15) is 5.26 Å². The summed E-state index contributed by atoms with van der Waals surface area (Å²) in [6, 6.07) is 6.12. The maximum absolute atomic E-state index is 12.6. The quantitative estimate of drug-likeness (QED) is 0.130. The Morgan fingerprint density at radius 3 is 2.55 bits per heavy atom. The highest BCUT2D eigenvalue weighted by molar-refractivity contribution is 5.87. The van der Waals surface area contributed by atoms with Crippen molar-refractivity contribution in [2.24, 2.45) is 0 Å². The zero-order valence-corrected chi connectivity index (χ0v) is 20.7. The molecule has 0 aromatic heterocycles. The van der Waals surface area contributed by atoms with Gasteiger partial charge in [-0.15, -0.1) is 0 Å². The van der Waals surface area contributed by atoms with E-state index in [2.05, 4.69) is 0 Å². The van der Waals surface area contributed by atoms with Crippen LogP contribution in [0.5, 0.6) is 11.5 Å². The molecule has 1 aliphatic carbocycles. The van der Waals surface area contributed by atoms with Gasteiger partial charge in [0.1, 0.15) is 30.5 Å². The van der Waals surface area contributed by atoms with E-state index in [0.29, 0.717) is 5.56 Å². The van der Waals surface area contributed by atoms with Crippen molar-refractivity contribution in [2.45, 2.75) is 61.5 Å². The van der Waals surface area contributed by atoms with Gasteiger partial charge < -0.3 is 54.3 Å². The number of rotatable bonds is 8. The molecular weight excluding hydrogens is 506 g/mol. The lowest BCUT2D eigenvalue weighted by Crippen LogP contribution is -2.61. The molecule has 1 saturated heterocycles. The number of ether oxygens (including phenoxy) is 5. The molecule has 0 spiro atoms. The number of hydrogen-bond donors (Lipinski definition) is 6. The molecular formula is C25H31NO12. The monoisotopic (exact) mass is 537 g/mol. The fourth-order valence-corrected chi connectivity index (χ4v) is 4.29. The van der Waals surface area contributed by atoms with E-state index in [1.165, 1.54) is 38.5 Å². The van der Waals surface area contributed by atoms with Crippen LogP contribution in [0.2, 0.25) is 0 Å². The molecule has 1 aromatic rings. The SMILES string of the molecule is COc1cc(/C=C\C(=O)O[C@H]2[C@H](OC3CC(OC)C(O)C(O)/C3=C\C#N)O[C@H](CO)[C@@H](O)[C@@H]2O)ccc1O. The van der Waals surface area contributed by atoms with E-state index in [-0.39, 0.29) is 23.5 Å². The lowest BCUT2D eigenvalue weighted by molar-refractivity contribution is -0.314. The number of carbonyl (C=O) groups is 1. The van der Waals surface area contributed by atoms with Crippen LogP contribution >= 0.6 is 0 Å². The molecule has 3 rings (SSSR count). The number of phenols is 1. The van der Waals surface area contributed by atoms with Crippen LogP contribution in [0.25, 0.3) is 6.08 Å². The Bertz CT molecular complexity index is 1070. The van der Waals surface area contributed by atoms with Gasteiger partial charge in [-0.05, 0) is 23.8 Å². The number of phenolic OH excluding ortho intramolecular Hbond substituents is 1. The van der Waals surface area contributed by atoms with Gasteiger partial charge in [-0.1, -0.05) is 6.07 Å². The number of nitriles is 1.